The molecule has 0 atom stereocenters. The lowest BCUT2D eigenvalue weighted by Crippen LogP contribution is -2.18. The molecule has 0 spiro atoms. The van der Waals surface area contributed by atoms with E-state index in [9.17, 15) is 9.18 Å². The van der Waals surface area contributed by atoms with Crippen molar-refractivity contribution in [2.75, 3.05) is 0 Å². The monoisotopic (exact) mass is 376 g/mol. The minimum absolute atomic E-state index is 0.0935. The van der Waals surface area contributed by atoms with Crippen LogP contribution in [0.1, 0.15) is 16.1 Å². The number of hydrazone groups is 1. The molecule has 0 aliphatic carbocycles. The van der Waals surface area contributed by atoms with Gasteiger partial charge in [0, 0.05) is 16.1 Å². The van der Waals surface area contributed by atoms with Crippen molar-refractivity contribution in [3.63, 3.8) is 0 Å². The number of carbonyl (C=O) groups excluding carboxylic acids is 1. The summed E-state index contributed by atoms with van der Waals surface area (Å²) < 4.78 is 13.6. The maximum Gasteiger partial charge on any atom is 0.289 e. The van der Waals surface area contributed by atoms with Gasteiger partial charge in [-0.2, -0.15) is 10.2 Å². The quantitative estimate of drug-likeness (QED) is 0.526. The van der Waals surface area contributed by atoms with Crippen LogP contribution in [-0.4, -0.2) is 22.3 Å². The van der Waals surface area contributed by atoms with Crippen molar-refractivity contribution >= 4 is 35.3 Å². The van der Waals surface area contributed by atoms with E-state index >= 15 is 0 Å². The molecule has 0 aliphatic rings. The maximum atomic E-state index is 13.6. The van der Waals surface area contributed by atoms with Crippen LogP contribution in [0.4, 0.5) is 4.39 Å². The summed E-state index contributed by atoms with van der Waals surface area (Å²) in [6, 6.07) is 12.9. The Labute approximate surface area is 152 Å². The zero-order chi connectivity index (χ0) is 17.8. The Bertz CT molecular complexity index is 918. The zero-order valence-corrected chi connectivity index (χ0v) is 14.1. The van der Waals surface area contributed by atoms with Gasteiger partial charge in [0.2, 0.25) is 0 Å². The Morgan fingerprint density at radius 1 is 1.20 bits per heavy atom. The Balaban J connectivity index is 1.70. The second kappa shape index (κ2) is 7.46. The third-order valence-electron chi connectivity index (χ3n) is 3.32. The summed E-state index contributed by atoms with van der Waals surface area (Å²) in [5.41, 5.74) is 3.98. The Morgan fingerprint density at radius 3 is 2.68 bits per heavy atom. The zero-order valence-electron chi connectivity index (χ0n) is 12.6. The van der Waals surface area contributed by atoms with E-state index in [2.05, 4.69) is 20.7 Å². The molecule has 1 heterocycles. The molecule has 1 amide bonds. The molecule has 0 unspecified atom stereocenters. The summed E-state index contributed by atoms with van der Waals surface area (Å²) in [4.78, 5) is 12.1. The summed E-state index contributed by atoms with van der Waals surface area (Å²) in [6.45, 7) is 0. The molecule has 2 N–H and O–H groups in total. The van der Waals surface area contributed by atoms with Crippen LogP contribution in [0.2, 0.25) is 10.0 Å². The number of benzene rings is 2. The first-order chi connectivity index (χ1) is 12.0. The van der Waals surface area contributed by atoms with Gasteiger partial charge < -0.3 is 0 Å². The fourth-order valence-corrected chi connectivity index (χ4v) is 2.39. The van der Waals surface area contributed by atoms with Crippen LogP contribution < -0.4 is 5.43 Å². The molecular weight excluding hydrogens is 366 g/mol. The normalized spacial score (nSPS) is 11.0. The summed E-state index contributed by atoms with van der Waals surface area (Å²) in [7, 11) is 0. The van der Waals surface area contributed by atoms with Gasteiger partial charge in [-0.15, -0.1) is 0 Å². The molecule has 0 radical (unpaired) electrons. The summed E-state index contributed by atoms with van der Waals surface area (Å²) in [5.74, 6) is -1.05. The number of halogens is 3. The van der Waals surface area contributed by atoms with E-state index in [4.69, 9.17) is 23.2 Å². The number of H-pyrrole nitrogens is 1. The van der Waals surface area contributed by atoms with Gasteiger partial charge in [-0.1, -0.05) is 41.4 Å². The predicted molar refractivity (Wildman–Crippen MR) is 95.5 cm³/mol. The maximum absolute atomic E-state index is 13.6. The van der Waals surface area contributed by atoms with Crippen molar-refractivity contribution < 1.29 is 9.18 Å². The van der Waals surface area contributed by atoms with E-state index in [0.29, 0.717) is 10.7 Å². The highest BCUT2D eigenvalue weighted by molar-refractivity contribution is 6.33. The molecule has 5 nitrogen and oxygen atoms in total. The molecule has 3 rings (SSSR count). The fraction of sp³-hybridized carbons (Fsp3) is 0. The molecule has 0 saturated carbocycles. The van der Waals surface area contributed by atoms with Crippen LogP contribution in [0.15, 0.2) is 53.6 Å². The molecule has 3 aromatic rings. The second-order valence-electron chi connectivity index (χ2n) is 5.01. The first-order valence-corrected chi connectivity index (χ1v) is 7.89. The molecule has 0 fully saturated rings. The van der Waals surface area contributed by atoms with E-state index in [1.54, 1.807) is 30.3 Å². The first-order valence-electron chi connectivity index (χ1n) is 7.13. The van der Waals surface area contributed by atoms with E-state index < -0.39 is 11.7 Å². The van der Waals surface area contributed by atoms with Gasteiger partial charge in [0.25, 0.3) is 5.91 Å². The van der Waals surface area contributed by atoms with Crippen LogP contribution in [0.5, 0.6) is 0 Å². The van der Waals surface area contributed by atoms with Crippen LogP contribution in [0.3, 0.4) is 0 Å². The van der Waals surface area contributed by atoms with Gasteiger partial charge in [0.05, 0.1) is 16.9 Å². The Kier molecular flexibility index (Phi) is 5.11. The van der Waals surface area contributed by atoms with Crippen molar-refractivity contribution in [2.24, 2.45) is 5.10 Å². The number of aromatic amines is 1. The molecule has 1 aromatic heterocycles. The molecule has 2 aromatic carbocycles. The molecule has 8 heteroatoms. The van der Waals surface area contributed by atoms with Crippen molar-refractivity contribution in [3.05, 3.63) is 75.7 Å². The number of amides is 1. The lowest BCUT2D eigenvalue weighted by atomic mass is 10.1. The number of nitrogens with one attached hydrogen (secondary N) is 2. The third-order valence-corrected chi connectivity index (χ3v) is 3.90. The van der Waals surface area contributed by atoms with Crippen LogP contribution in [0, 0.1) is 5.82 Å². The van der Waals surface area contributed by atoms with Crippen LogP contribution >= 0.6 is 23.2 Å². The number of aromatic nitrogens is 2. The van der Waals surface area contributed by atoms with Crippen LogP contribution in [0.25, 0.3) is 11.3 Å². The minimum Gasteiger partial charge on any atom is -0.272 e. The number of hydrogen-bond donors (Lipinski definition) is 2. The number of carbonyl (C=O) groups is 1. The largest absolute Gasteiger partial charge is 0.289 e. The van der Waals surface area contributed by atoms with E-state index in [-0.39, 0.29) is 16.3 Å². The molecule has 25 heavy (non-hydrogen) atoms. The van der Waals surface area contributed by atoms with Gasteiger partial charge in [-0.3, -0.25) is 9.89 Å². The highest BCUT2D eigenvalue weighted by Crippen LogP contribution is 2.20. The minimum atomic E-state index is -0.530. The predicted octanol–water partition coefficient (Wildman–Crippen LogP) is 4.29. The number of rotatable bonds is 4. The van der Waals surface area contributed by atoms with Crippen molar-refractivity contribution in [1.29, 1.82) is 0 Å². The van der Waals surface area contributed by atoms with Crippen molar-refractivity contribution in [1.82, 2.24) is 15.6 Å². The average molecular weight is 377 g/mol. The van der Waals surface area contributed by atoms with E-state index in [0.717, 1.165) is 11.8 Å². The second-order valence-corrected chi connectivity index (χ2v) is 5.85. The van der Waals surface area contributed by atoms with E-state index in [1.807, 2.05) is 0 Å². The van der Waals surface area contributed by atoms with Crippen molar-refractivity contribution in [2.45, 2.75) is 0 Å². The smallest absolute Gasteiger partial charge is 0.272 e. The SMILES string of the molecule is O=C(NN=Cc1c(F)cccc1Cl)c1cc(-c2ccc(Cl)cc2)n[nH]1. The lowest BCUT2D eigenvalue weighted by Gasteiger charge is -1.99. The van der Waals surface area contributed by atoms with E-state index in [1.165, 1.54) is 18.2 Å². The fourth-order valence-electron chi connectivity index (χ4n) is 2.06. The topological polar surface area (TPSA) is 70.1 Å². The van der Waals surface area contributed by atoms with Gasteiger partial charge in [-0.25, -0.2) is 9.82 Å². The Hall–Kier alpha value is -2.70. The van der Waals surface area contributed by atoms with Crippen molar-refractivity contribution in [3.8, 4) is 11.3 Å². The molecule has 0 bridgehead atoms. The molecular formula is C17H11Cl2FN4O. The number of nitrogens with zero attached hydrogens (tertiary/aromatic N) is 2. The molecule has 0 aliphatic heterocycles. The summed E-state index contributed by atoms with van der Waals surface area (Å²) >= 11 is 11.7. The highest BCUT2D eigenvalue weighted by Gasteiger charge is 2.11. The summed E-state index contributed by atoms with van der Waals surface area (Å²) in [5, 5.41) is 11.2. The lowest BCUT2D eigenvalue weighted by molar-refractivity contribution is 0.0950. The summed E-state index contributed by atoms with van der Waals surface area (Å²) in [6.07, 6.45) is 1.14. The van der Waals surface area contributed by atoms with Crippen LogP contribution in [-0.2, 0) is 0 Å². The average Bonchev–Trinajstić information content (AvgIpc) is 3.08. The Morgan fingerprint density at radius 2 is 1.96 bits per heavy atom. The van der Waals surface area contributed by atoms with Gasteiger partial charge in [-0.05, 0) is 30.3 Å². The third kappa shape index (κ3) is 4.04. The standard InChI is InChI=1S/C17H11Cl2FN4O/c18-11-6-4-10(5-7-11)15-8-16(23-22-15)17(25)24-21-9-12-13(19)2-1-3-14(12)20/h1-9H,(H,22,23)(H,24,25). The molecule has 0 saturated heterocycles. The van der Waals surface area contributed by atoms with Gasteiger partial charge in [0.1, 0.15) is 11.5 Å². The first kappa shape index (κ1) is 17.1. The number of hydrogen-bond acceptors (Lipinski definition) is 3. The van der Waals surface area contributed by atoms with Gasteiger partial charge in [0.15, 0.2) is 0 Å². The van der Waals surface area contributed by atoms with Gasteiger partial charge >= 0.3 is 0 Å². The molecule has 126 valence electrons. The highest BCUT2D eigenvalue weighted by atomic mass is 35.5.